The zero-order chi connectivity index (χ0) is 14.3. The molecule has 0 aliphatic carbocycles. The van der Waals surface area contributed by atoms with Gasteiger partial charge in [-0.3, -0.25) is 0 Å². The largest absolute Gasteiger partial charge is 0.330 e. The fourth-order valence-corrected chi connectivity index (χ4v) is 3.41. The van der Waals surface area contributed by atoms with Crippen LogP contribution in [0, 0.1) is 5.92 Å². The lowest BCUT2D eigenvalue weighted by molar-refractivity contribution is 0.185. The standard InChI is InChI=1S/C12H28N4O2S/c1-12(2)11-14-19(17,18)16-9-7-15(8-10-16)6-4-3-5-13/h12,14H,3-11,13H2,1-2H3. The Kier molecular flexibility index (Phi) is 7.23. The Labute approximate surface area is 117 Å². The zero-order valence-corrected chi connectivity index (χ0v) is 13.0. The van der Waals surface area contributed by atoms with E-state index < -0.39 is 10.2 Å². The Morgan fingerprint density at radius 1 is 1.16 bits per heavy atom. The van der Waals surface area contributed by atoms with Crippen molar-refractivity contribution in [2.75, 3.05) is 45.8 Å². The molecule has 0 spiro atoms. The molecule has 0 bridgehead atoms. The molecule has 0 saturated carbocycles. The minimum Gasteiger partial charge on any atom is -0.330 e. The highest BCUT2D eigenvalue weighted by Crippen LogP contribution is 2.07. The summed E-state index contributed by atoms with van der Waals surface area (Å²) in [6, 6.07) is 0. The lowest BCUT2D eigenvalue weighted by Gasteiger charge is -2.34. The molecule has 19 heavy (non-hydrogen) atoms. The van der Waals surface area contributed by atoms with Gasteiger partial charge in [0.05, 0.1) is 0 Å². The van der Waals surface area contributed by atoms with Crippen molar-refractivity contribution in [2.45, 2.75) is 26.7 Å². The highest BCUT2D eigenvalue weighted by atomic mass is 32.2. The lowest BCUT2D eigenvalue weighted by atomic mass is 10.2. The van der Waals surface area contributed by atoms with Crippen molar-refractivity contribution in [2.24, 2.45) is 11.7 Å². The molecule has 1 heterocycles. The first kappa shape index (κ1) is 16.8. The summed E-state index contributed by atoms with van der Waals surface area (Å²) in [6.07, 6.45) is 2.13. The minimum absolute atomic E-state index is 0.326. The first-order valence-electron chi connectivity index (χ1n) is 7.13. The molecule has 0 amide bonds. The van der Waals surface area contributed by atoms with Crippen LogP contribution in [0.25, 0.3) is 0 Å². The van der Waals surface area contributed by atoms with Crippen molar-refractivity contribution in [3.63, 3.8) is 0 Å². The maximum Gasteiger partial charge on any atom is 0.279 e. The molecule has 3 N–H and O–H groups in total. The second kappa shape index (κ2) is 8.16. The van der Waals surface area contributed by atoms with Gasteiger partial charge in [0.1, 0.15) is 0 Å². The van der Waals surface area contributed by atoms with Gasteiger partial charge < -0.3 is 10.6 Å². The van der Waals surface area contributed by atoms with E-state index in [1.165, 1.54) is 0 Å². The maximum absolute atomic E-state index is 12.0. The Morgan fingerprint density at radius 2 is 1.79 bits per heavy atom. The van der Waals surface area contributed by atoms with E-state index in [1.54, 1.807) is 4.31 Å². The molecule has 1 rings (SSSR count). The van der Waals surface area contributed by atoms with Gasteiger partial charge in [-0.1, -0.05) is 13.8 Å². The third-order valence-corrected chi connectivity index (χ3v) is 4.85. The van der Waals surface area contributed by atoms with E-state index in [0.29, 0.717) is 25.6 Å². The average Bonchev–Trinajstić information content (AvgIpc) is 2.37. The maximum atomic E-state index is 12.0. The van der Waals surface area contributed by atoms with Gasteiger partial charge in [0, 0.05) is 32.7 Å². The van der Waals surface area contributed by atoms with Gasteiger partial charge in [-0.15, -0.1) is 0 Å². The van der Waals surface area contributed by atoms with E-state index in [1.807, 2.05) is 13.8 Å². The number of hydrogen-bond donors (Lipinski definition) is 2. The number of unbranched alkanes of at least 4 members (excludes halogenated alkanes) is 1. The van der Waals surface area contributed by atoms with E-state index >= 15 is 0 Å². The van der Waals surface area contributed by atoms with Gasteiger partial charge in [0.2, 0.25) is 0 Å². The van der Waals surface area contributed by atoms with Crippen LogP contribution in [0.3, 0.4) is 0 Å². The van der Waals surface area contributed by atoms with Crippen molar-refractivity contribution in [3.8, 4) is 0 Å². The summed E-state index contributed by atoms with van der Waals surface area (Å²) >= 11 is 0. The van der Waals surface area contributed by atoms with Crippen LogP contribution < -0.4 is 10.5 Å². The number of rotatable bonds is 8. The summed E-state index contributed by atoms with van der Waals surface area (Å²) in [5.41, 5.74) is 5.47. The normalized spacial score (nSPS) is 19.2. The Hall–Kier alpha value is -0.210. The Balaban J connectivity index is 2.32. The molecule has 0 aromatic heterocycles. The van der Waals surface area contributed by atoms with Gasteiger partial charge >= 0.3 is 0 Å². The van der Waals surface area contributed by atoms with E-state index in [4.69, 9.17) is 5.73 Å². The first-order valence-corrected chi connectivity index (χ1v) is 8.57. The molecule has 6 nitrogen and oxygen atoms in total. The summed E-state index contributed by atoms with van der Waals surface area (Å²) < 4.78 is 28.3. The third kappa shape index (κ3) is 6.18. The fraction of sp³-hybridized carbons (Fsp3) is 1.00. The zero-order valence-electron chi connectivity index (χ0n) is 12.1. The average molecular weight is 292 g/mol. The van der Waals surface area contributed by atoms with E-state index in [2.05, 4.69) is 9.62 Å². The van der Waals surface area contributed by atoms with Crippen molar-refractivity contribution < 1.29 is 8.42 Å². The molecule has 0 aromatic carbocycles. The van der Waals surface area contributed by atoms with Crippen LogP contribution in [0.4, 0.5) is 0 Å². The lowest BCUT2D eigenvalue weighted by Crippen LogP contribution is -2.52. The second-order valence-corrected chi connectivity index (χ2v) is 7.24. The van der Waals surface area contributed by atoms with Crippen LogP contribution in [0.2, 0.25) is 0 Å². The third-order valence-electron chi connectivity index (χ3n) is 3.27. The number of hydrogen-bond acceptors (Lipinski definition) is 4. The highest BCUT2D eigenvalue weighted by molar-refractivity contribution is 7.87. The molecule has 1 fully saturated rings. The summed E-state index contributed by atoms with van der Waals surface area (Å²) in [5.74, 6) is 0.326. The van der Waals surface area contributed by atoms with E-state index in [0.717, 1.165) is 39.0 Å². The van der Waals surface area contributed by atoms with Crippen LogP contribution in [-0.2, 0) is 10.2 Å². The molecule has 1 aliphatic heterocycles. The van der Waals surface area contributed by atoms with E-state index in [9.17, 15) is 8.42 Å². The molecular formula is C12H28N4O2S. The Morgan fingerprint density at radius 3 is 2.32 bits per heavy atom. The van der Waals surface area contributed by atoms with Gasteiger partial charge in [0.25, 0.3) is 10.2 Å². The van der Waals surface area contributed by atoms with E-state index in [-0.39, 0.29) is 0 Å². The highest BCUT2D eigenvalue weighted by Gasteiger charge is 2.26. The van der Waals surface area contributed by atoms with Gasteiger partial charge in [-0.2, -0.15) is 12.7 Å². The summed E-state index contributed by atoms with van der Waals surface area (Å²) in [4.78, 5) is 2.31. The monoisotopic (exact) mass is 292 g/mol. The molecule has 0 unspecified atom stereocenters. The SMILES string of the molecule is CC(C)CNS(=O)(=O)N1CCN(CCCCN)CC1. The van der Waals surface area contributed by atoms with Gasteiger partial charge in [0.15, 0.2) is 0 Å². The summed E-state index contributed by atoms with van der Waals surface area (Å²) in [6.45, 7) is 9.03. The Bertz CT molecular complexity index is 338. The molecule has 0 atom stereocenters. The van der Waals surface area contributed by atoms with Crippen LogP contribution in [0.15, 0.2) is 0 Å². The number of piperazine rings is 1. The predicted octanol–water partition coefficient (Wildman–Crippen LogP) is -0.167. The van der Waals surface area contributed by atoms with Crippen LogP contribution >= 0.6 is 0 Å². The topological polar surface area (TPSA) is 78.7 Å². The molecule has 114 valence electrons. The fourth-order valence-electron chi connectivity index (χ4n) is 2.04. The number of nitrogens with two attached hydrogens (primary N) is 1. The molecule has 1 aliphatic rings. The summed E-state index contributed by atoms with van der Waals surface area (Å²) in [5, 5.41) is 0. The van der Waals surface area contributed by atoms with Crippen LogP contribution in [0.5, 0.6) is 0 Å². The number of nitrogens with one attached hydrogen (secondary N) is 1. The van der Waals surface area contributed by atoms with Crippen molar-refractivity contribution in [1.82, 2.24) is 13.9 Å². The predicted molar refractivity (Wildman–Crippen MR) is 78.1 cm³/mol. The van der Waals surface area contributed by atoms with Crippen molar-refractivity contribution in [1.29, 1.82) is 0 Å². The second-order valence-electron chi connectivity index (χ2n) is 5.48. The van der Waals surface area contributed by atoms with Gasteiger partial charge in [-0.25, -0.2) is 4.72 Å². The van der Waals surface area contributed by atoms with Crippen molar-refractivity contribution in [3.05, 3.63) is 0 Å². The molecule has 0 radical (unpaired) electrons. The quantitative estimate of drug-likeness (QED) is 0.609. The number of nitrogens with zero attached hydrogens (tertiary/aromatic N) is 2. The van der Waals surface area contributed by atoms with Gasteiger partial charge in [-0.05, 0) is 31.8 Å². The molecular weight excluding hydrogens is 264 g/mol. The van der Waals surface area contributed by atoms with Crippen molar-refractivity contribution >= 4 is 10.2 Å². The minimum atomic E-state index is -3.29. The molecule has 7 heteroatoms. The smallest absolute Gasteiger partial charge is 0.279 e. The van der Waals surface area contributed by atoms with Crippen LogP contribution in [-0.4, -0.2) is 63.4 Å². The molecule has 0 aromatic rings. The molecule has 1 saturated heterocycles. The first-order chi connectivity index (χ1) is 8.95. The summed E-state index contributed by atoms with van der Waals surface area (Å²) in [7, 11) is -3.29. The van der Waals surface area contributed by atoms with Crippen LogP contribution in [0.1, 0.15) is 26.7 Å².